The molecule has 0 spiro atoms. The number of nitrogens with one attached hydrogen (secondary N) is 2. The van der Waals surface area contributed by atoms with Crippen LogP contribution in [-0.4, -0.2) is 15.9 Å². The summed E-state index contributed by atoms with van der Waals surface area (Å²) in [6, 6.07) is 13.6. The Morgan fingerprint density at radius 1 is 0.923 bits per heavy atom. The summed E-state index contributed by atoms with van der Waals surface area (Å²) >= 11 is 0. The first-order valence-corrected chi connectivity index (χ1v) is 8.49. The Morgan fingerprint density at radius 3 is 2.35 bits per heavy atom. The molecule has 3 aromatic rings. The zero-order valence-corrected chi connectivity index (χ0v) is 15.4. The average molecular weight is 346 g/mol. The van der Waals surface area contributed by atoms with E-state index in [2.05, 4.69) is 20.6 Å². The number of anilines is 3. The molecule has 0 radical (unpaired) electrons. The lowest BCUT2D eigenvalue weighted by Crippen LogP contribution is -2.15. The van der Waals surface area contributed by atoms with Crippen molar-refractivity contribution in [1.29, 1.82) is 0 Å². The van der Waals surface area contributed by atoms with Crippen molar-refractivity contribution in [3.63, 3.8) is 0 Å². The molecule has 0 aliphatic carbocycles. The van der Waals surface area contributed by atoms with E-state index in [-0.39, 0.29) is 5.91 Å². The predicted molar refractivity (Wildman–Crippen MR) is 105 cm³/mol. The van der Waals surface area contributed by atoms with Crippen LogP contribution in [0.3, 0.4) is 0 Å². The van der Waals surface area contributed by atoms with Crippen LogP contribution < -0.4 is 10.6 Å². The standard InChI is InChI=1S/C21H22N4O/c1-13-8-9-17(16(4)12-13)23-20(26)18-10-11-22-21(24-18)25-19-14(2)6-5-7-15(19)3/h5-12H,1-4H3,(H,23,26)(H,22,24,25). The molecule has 0 atom stereocenters. The Hall–Kier alpha value is -3.21. The highest BCUT2D eigenvalue weighted by molar-refractivity contribution is 6.03. The number of hydrogen-bond donors (Lipinski definition) is 2. The van der Waals surface area contributed by atoms with Crippen LogP contribution in [0.25, 0.3) is 0 Å². The number of hydrogen-bond acceptors (Lipinski definition) is 4. The van der Waals surface area contributed by atoms with Gasteiger partial charge in [-0.15, -0.1) is 0 Å². The van der Waals surface area contributed by atoms with Crippen molar-refractivity contribution in [2.45, 2.75) is 27.7 Å². The summed E-state index contributed by atoms with van der Waals surface area (Å²) in [5.74, 6) is 0.139. The van der Waals surface area contributed by atoms with E-state index in [1.54, 1.807) is 12.3 Å². The van der Waals surface area contributed by atoms with Crippen molar-refractivity contribution in [2.24, 2.45) is 0 Å². The summed E-state index contributed by atoms with van der Waals surface area (Å²) in [5.41, 5.74) is 6.41. The maximum absolute atomic E-state index is 12.6. The Morgan fingerprint density at radius 2 is 1.65 bits per heavy atom. The van der Waals surface area contributed by atoms with E-state index in [1.807, 2.05) is 64.1 Å². The van der Waals surface area contributed by atoms with E-state index < -0.39 is 0 Å². The number of aromatic nitrogens is 2. The van der Waals surface area contributed by atoms with Crippen LogP contribution in [0.2, 0.25) is 0 Å². The highest BCUT2D eigenvalue weighted by Gasteiger charge is 2.12. The van der Waals surface area contributed by atoms with Gasteiger partial charge in [-0.25, -0.2) is 9.97 Å². The monoisotopic (exact) mass is 346 g/mol. The fourth-order valence-electron chi connectivity index (χ4n) is 2.81. The second-order valence-corrected chi connectivity index (χ2v) is 6.43. The van der Waals surface area contributed by atoms with E-state index in [4.69, 9.17) is 0 Å². The first-order valence-electron chi connectivity index (χ1n) is 8.49. The maximum Gasteiger partial charge on any atom is 0.274 e. The van der Waals surface area contributed by atoms with Gasteiger partial charge in [0, 0.05) is 17.6 Å². The molecule has 3 rings (SSSR count). The van der Waals surface area contributed by atoms with Gasteiger partial charge in [0.15, 0.2) is 0 Å². The number of carbonyl (C=O) groups is 1. The fourth-order valence-corrected chi connectivity index (χ4v) is 2.81. The quantitative estimate of drug-likeness (QED) is 0.718. The molecule has 1 heterocycles. The zero-order chi connectivity index (χ0) is 18.7. The van der Waals surface area contributed by atoms with Gasteiger partial charge in [-0.2, -0.15) is 0 Å². The van der Waals surface area contributed by atoms with Crippen LogP contribution >= 0.6 is 0 Å². The van der Waals surface area contributed by atoms with Gasteiger partial charge < -0.3 is 10.6 Å². The van der Waals surface area contributed by atoms with Crippen molar-refractivity contribution >= 4 is 23.2 Å². The van der Waals surface area contributed by atoms with E-state index in [1.165, 1.54) is 0 Å². The average Bonchev–Trinajstić information content (AvgIpc) is 2.61. The van der Waals surface area contributed by atoms with E-state index in [0.717, 1.165) is 33.6 Å². The van der Waals surface area contributed by atoms with Gasteiger partial charge in [-0.05, 0) is 56.5 Å². The molecular weight excluding hydrogens is 324 g/mol. The summed E-state index contributed by atoms with van der Waals surface area (Å²) in [4.78, 5) is 21.2. The van der Waals surface area contributed by atoms with Gasteiger partial charge in [0.2, 0.25) is 5.95 Å². The number of nitrogens with zero attached hydrogens (tertiary/aromatic N) is 2. The summed E-state index contributed by atoms with van der Waals surface area (Å²) in [6.07, 6.45) is 1.58. The van der Waals surface area contributed by atoms with Crippen molar-refractivity contribution in [1.82, 2.24) is 9.97 Å². The first kappa shape index (κ1) is 17.6. The molecule has 132 valence electrons. The molecule has 2 aromatic carbocycles. The number of aryl methyl sites for hydroxylation is 4. The highest BCUT2D eigenvalue weighted by atomic mass is 16.1. The molecule has 0 aliphatic heterocycles. The summed E-state index contributed by atoms with van der Waals surface area (Å²) in [5, 5.41) is 6.13. The van der Waals surface area contributed by atoms with Gasteiger partial charge >= 0.3 is 0 Å². The Kier molecular flexibility index (Phi) is 4.98. The smallest absolute Gasteiger partial charge is 0.274 e. The Bertz CT molecular complexity index is 946. The third-order valence-corrected chi connectivity index (χ3v) is 4.24. The second kappa shape index (κ2) is 7.35. The number of benzene rings is 2. The fraction of sp³-hybridized carbons (Fsp3) is 0.190. The molecule has 0 saturated heterocycles. The summed E-state index contributed by atoms with van der Waals surface area (Å²) in [7, 11) is 0. The maximum atomic E-state index is 12.6. The molecule has 1 aromatic heterocycles. The van der Waals surface area contributed by atoms with Gasteiger partial charge in [0.05, 0.1) is 0 Å². The predicted octanol–water partition coefficient (Wildman–Crippen LogP) is 4.71. The van der Waals surface area contributed by atoms with Crippen LogP contribution in [0.4, 0.5) is 17.3 Å². The minimum atomic E-state index is -0.260. The molecule has 26 heavy (non-hydrogen) atoms. The second-order valence-electron chi connectivity index (χ2n) is 6.43. The molecule has 5 heteroatoms. The molecule has 0 saturated carbocycles. The normalized spacial score (nSPS) is 10.5. The van der Waals surface area contributed by atoms with Crippen molar-refractivity contribution < 1.29 is 4.79 Å². The number of amides is 1. The van der Waals surface area contributed by atoms with Crippen molar-refractivity contribution in [3.8, 4) is 0 Å². The van der Waals surface area contributed by atoms with E-state index in [0.29, 0.717) is 11.6 Å². The SMILES string of the molecule is Cc1ccc(NC(=O)c2ccnc(Nc3c(C)cccc3C)n2)c(C)c1. The summed E-state index contributed by atoms with van der Waals surface area (Å²) < 4.78 is 0. The lowest BCUT2D eigenvalue weighted by atomic mass is 10.1. The molecular formula is C21H22N4O. The molecule has 0 aliphatic rings. The Labute approximate surface area is 153 Å². The van der Waals surface area contributed by atoms with Gasteiger partial charge in [0.25, 0.3) is 5.91 Å². The zero-order valence-electron chi connectivity index (χ0n) is 15.4. The molecule has 0 unspecified atom stereocenters. The number of rotatable bonds is 4. The van der Waals surface area contributed by atoms with Crippen LogP contribution in [0.1, 0.15) is 32.7 Å². The largest absolute Gasteiger partial charge is 0.324 e. The van der Waals surface area contributed by atoms with Crippen LogP contribution in [-0.2, 0) is 0 Å². The van der Waals surface area contributed by atoms with Crippen molar-refractivity contribution in [2.75, 3.05) is 10.6 Å². The van der Waals surface area contributed by atoms with E-state index >= 15 is 0 Å². The highest BCUT2D eigenvalue weighted by Crippen LogP contribution is 2.22. The van der Waals surface area contributed by atoms with Crippen molar-refractivity contribution in [3.05, 3.63) is 76.6 Å². The van der Waals surface area contributed by atoms with Crippen LogP contribution in [0.15, 0.2) is 48.7 Å². The van der Waals surface area contributed by atoms with Gasteiger partial charge in [0.1, 0.15) is 5.69 Å². The number of para-hydroxylation sites is 1. The van der Waals surface area contributed by atoms with Crippen LogP contribution in [0.5, 0.6) is 0 Å². The first-order chi connectivity index (χ1) is 12.4. The van der Waals surface area contributed by atoms with E-state index in [9.17, 15) is 4.79 Å². The Balaban J connectivity index is 1.81. The summed E-state index contributed by atoms with van der Waals surface area (Å²) in [6.45, 7) is 8.03. The lowest BCUT2D eigenvalue weighted by Gasteiger charge is -2.12. The third kappa shape index (κ3) is 3.88. The van der Waals surface area contributed by atoms with Crippen LogP contribution in [0, 0.1) is 27.7 Å². The number of carbonyl (C=O) groups excluding carboxylic acids is 1. The minimum absolute atomic E-state index is 0.260. The minimum Gasteiger partial charge on any atom is -0.324 e. The van der Waals surface area contributed by atoms with Gasteiger partial charge in [-0.3, -0.25) is 4.79 Å². The molecule has 0 bridgehead atoms. The molecule has 1 amide bonds. The third-order valence-electron chi connectivity index (χ3n) is 4.24. The lowest BCUT2D eigenvalue weighted by molar-refractivity contribution is 0.102. The molecule has 0 fully saturated rings. The van der Waals surface area contributed by atoms with Gasteiger partial charge in [-0.1, -0.05) is 35.9 Å². The molecule has 5 nitrogen and oxygen atoms in total. The topological polar surface area (TPSA) is 66.9 Å². The molecule has 2 N–H and O–H groups in total.